The van der Waals surface area contributed by atoms with E-state index in [-0.39, 0.29) is 37.1 Å². The summed E-state index contributed by atoms with van der Waals surface area (Å²) in [4.78, 5) is 33.0. The number of carbonyl (C=O) groups is 2. The van der Waals surface area contributed by atoms with Gasteiger partial charge in [0.1, 0.15) is 22.9 Å². The van der Waals surface area contributed by atoms with Gasteiger partial charge < -0.3 is 15.3 Å². The van der Waals surface area contributed by atoms with Crippen molar-refractivity contribution in [3.8, 4) is 11.3 Å². The van der Waals surface area contributed by atoms with Crippen LogP contribution in [0.1, 0.15) is 62.7 Å². The van der Waals surface area contributed by atoms with Gasteiger partial charge in [-0.15, -0.1) is 16.4 Å². The number of hydrogen-bond donors (Lipinski definition) is 2. The van der Waals surface area contributed by atoms with E-state index in [0.717, 1.165) is 24.1 Å². The molecule has 1 saturated carbocycles. The number of aromatic nitrogens is 4. The normalized spacial score (nSPS) is 20.7. The Hall–Kier alpha value is -3.18. The van der Waals surface area contributed by atoms with Crippen LogP contribution in [0.2, 0.25) is 0 Å². The number of amides is 2. The molecule has 2 fully saturated rings. The molecular formula is C26H31FN6O3S. The number of likely N-dealkylation sites (tertiary alicyclic amines) is 1. The number of nitrogens with zero attached hydrogens (tertiary/aromatic N) is 5. The fourth-order valence-corrected chi connectivity index (χ4v) is 5.50. The molecule has 11 heteroatoms. The highest BCUT2D eigenvalue weighted by Crippen LogP contribution is 2.40. The SMILES string of the molecule is CC(C)(C)[C@@H](C(=O)N1CC(O)CC1C(=O)NCc1nc(-c2ccc(F)cc2)cs1)n1cc(C2CC2)nn1. The Kier molecular flexibility index (Phi) is 6.84. The molecule has 37 heavy (non-hydrogen) atoms. The van der Waals surface area contributed by atoms with Gasteiger partial charge >= 0.3 is 0 Å². The first-order chi connectivity index (χ1) is 17.6. The lowest BCUT2D eigenvalue weighted by Crippen LogP contribution is -2.50. The predicted molar refractivity (Wildman–Crippen MR) is 136 cm³/mol. The van der Waals surface area contributed by atoms with Gasteiger partial charge in [0.05, 0.1) is 24.0 Å². The maximum absolute atomic E-state index is 13.8. The number of hydrogen-bond acceptors (Lipinski definition) is 7. The fraction of sp³-hybridized carbons (Fsp3) is 0.500. The van der Waals surface area contributed by atoms with Gasteiger partial charge in [0.25, 0.3) is 0 Å². The zero-order valence-corrected chi connectivity index (χ0v) is 21.9. The van der Waals surface area contributed by atoms with Crippen LogP contribution in [-0.2, 0) is 16.1 Å². The minimum atomic E-state index is -0.796. The van der Waals surface area contributed by atoms with Gasteiger partial charge in [-0.2, -0.15) is 0 Å². The minimum Gasteiger partial charge on any atom is -0.391 e. The number of thiazole rings is 1. The number of aliphatic hydroxyl groups is 1. The molecule has 2 aliphatic rings. The first-order valence-corrected chi connectivity index (χ1v) is 13.4. The summed E-state index contributed by atoms with van der Waals surface area (Å²) >= 11 is 1.39. The highest BCUT2D eigenvalue weighted by Gasteiger charge is 2.45. The van der Waals surface area contributed by atoms with Crippen LogP contribution in [0, 0.1) is 11.2 Å². The van der Waals surface area contributed by atoms with Gasteiger partial charge in [0.15, 0.2) is 0 Å². The van der Waals surface area contributed by atoms with Crippen molar-refractivity contribution >= 4 is 23.2 Å². The Morgan fingerprint density at radius 1 is 1.24 bits per heavy atom. The lowest BCUT2D eigenvalue weighted by atomic mass is 9.85. The van der Waals surface area contributed by atoms with E-state index in [1.807, 2.05) is 32.3 Å². The monoisotopic (exact) mass is 526 g/mol. The fourth-order valence-electron chi connectivity index (χ4n) is 4.75. The highest BCUT2D eigenvalue weighted by molar-refractivity contribution is 7.09. The van der Waals surface area contributed by atoms with Gasteiger partial charge in [-0.3, -0.25) is 9.59 Å². The molecule has 1 aliphatic heterocycles. The van der Waals surface area contributed by atoms with Crippen molar-refractivity contribution in [1.29, 1.82) is 0 Å². The van der Waals surface area contributed by atoms with Crippen LogP contribution in [0.5, 0.6) is 0 Å². The number of rotatable bonds is 7. The Labute approximate surface area is 218 Å². The zero-order chi connectivity index (χ0) is 26.3. The summed E-state index contributed by atoms with van der Waals surface area (Å²) in [7, 11) is 0. The maximum Gasteiger partial charge on any atom is 0.248 e. The van der Waals surface area contributed by atoms with Gasteiger partial charge in [-0.1, -0.05) is 26.0 Å². The number of halogens is 1. The van der Waals surface area contributed by atoms with E-state index in [9.17, 15) is 19.1 Å². The molecule has 1 saturated heterocycles. The predicted octanol–water partition coefficient (Wildman–Crippen LogP) is 3.28. The van der Waals surface area contributed by atoms with E-state index in [4.69, 9.17) is 0 Å². The summed E-state index contributed by atoms with van der Waals surface area (Å²) in [6.07, 6.45) is 3.38. The molecule has 3 atom stereocenters. The molecule has 2 unspecified atom stereocenters. The van der Waals surface area contributed by atoms with E-state index in [1.54, 1.807) is 16.8 Å². The molecule has 0 spiro atoms. The van der Waals surface area contributed by atoms with Crippen molar-refractivity contribution in [3.63, 3.8) is 0 Å². The molecule has 5 rings (SSSR count). The Balaban J connectivity index is 1.28. The zero-order valence-electron chi connectivity index (χ0n) is 21.1. The summed E-state index contributed by atoms with van der Waals surface area (Å²) in [5, 5.41) is 24.3. The van der Waals surface area contributed by atoms with Crippen LogP contribution in [0.3, 0.4) is 0 Å². The quantitative estimate of drug-likeness (QED) is 0.489. The molecule has 196 valence electrons. The van der Waals surface area contributed by atoms with Crippen LogP contribution in [0.25, 0.3) is 11.3 Å². The molecule has 2 N–H and O–H groups in total. The van der Waals surface area contributed by atoms with Crippen LogP contribution >= 0.6 is 11.3 Å². The molecule has 2 aromatic heterocycles. The Morgan fingerprint density at radius 2 is 1.97 bits per heavy atom. The maximum atomic E-state index is 13.8. The molecule has 0 radical (unpaired) electrons. The van der Waals surface area contributed by atoms with Crippen LogP contribution in [0.4, 0.5) is 4.39 Å². The summed E-state index contributed by atoms with van der Waals surface area (Å²) in [5.74, 6) is -0.506. The molecule has 3 aromatic rings. The molecule has 0 bridgehead atoms. The summed E-state index contributed by atoms with van der Waals surface area (Å²) in [5.41, 5.74) is 1.89. The summed E-state index contributed by atoms with van der Waals surface area (Å²) in [6, 6.07) is 4.61. The average Bonchev–Trinajstić information content (AvgIpc) is 3.22. The first kappa shape index (κ1) is 25.5. The molecule has 1 aromatic carbocycles. The second-order valence-corrected chi connectivity index (χ2v) is 11.9. The van der Waals surface area contributed by atoms with Crippen LogP contribution in [0.15, 0.2) is 35.8 Å². The van der Waals surface area contributed by atoms with Gasteiger partial charge in [0, 0.05) is 36.0 Å². The average molecular weight is 527 g/mol. The summed E-state index contributed by atoms with van der Waals surface area (Å²) in [6.45, 7) is 6.14. The Morgan fingerprint density at radius 3 is 2.65 bits per heavy atom. The standard InChI is InChI=1S/C26H31FN6O3S/c1-26(2,3)23(33-13-19(30-31-33)15-4-5-15)25(36)32-12-18(34)10-21(32)24(35)28-11-22-29-20(14-37-22)16-6-8-17(27)9-7-16/h6-9,13-15,18,21,23,34H,4-5,10-12H2,1-3H3,(H,28,35)/t18?,21?,23-/m1/s1. The Bertz CT molecular complexity index is 1280. The van der Waals surface area contributed by atoms with Crippen molar-refractivity contribution in [2.24, 2.45) is 5.41 Å². The van der Waals surface area contributed by atoms with Crippen molar-refractivity contribution in [2.45, 2.75) is 70.7 Å². The highest BCUT2D eigenvalue weighted by atomic mass is 32.1. The topological polar surface area (TPSA) is 113 Å². The van der Waals surface area contributed by atoms with Gasteiger partial charge in [0.2, 0.25) is 11.8 Å². The van der Waals surface area contributed by atoms with Crippen LogP contribution in [-0.4, -0.2) is 60.5 Å². The largest absolute Gasteiger partial charge is 0.391 e. The lowest BCUT2D eigenvalue weighted by Gasteiger charge is -2.34. The third-order valence-electron chi connectivity index (χ3n) is 6.81. The van der Waals surface area contributed by atoms with Crippen molar-refractivity contribution in [3.05, 3.63) is 52.4 Å². The number of carbonyl (C=O) groups excluding carboxylic acids is 2. The van der Waals surface area contributed by atoms with Gasteiger partial charge in [-0.05, 0) is 42.5 Å². The van der Waals surface area contributed by atoms with Gasteiger partial charge in [-0.25, -0.2) is 14.1 Å². The smallest absolute Gasteiger partial charge is 0.248 e. The van der Waals surface area contributed by atoms with E-state index in [1.165, 1.54) is 28.4 Å². The number of β-amino-alcohol motifs (C(OH)–C–C–N with tert-alkyl or cyclic N) is 1. The third-order valence-corrected chi connectivity index (χ3v) is 7.66. The molecular weight excluding hydrogens is 495 g/mol. The van der Waals surface area contributed by atoms with Crippen molar-refractivity contribution in [1.82, 2.24) is 30.2 Å². The molecule has 1 aliphatic carbocycles. The minimum absolute atomic E-state index is 0.0830. The van der Waals surface area contributed by atoms with Crippen molar-refractivity contribution in [2.75, 3.05) is 6.54 Å². The first-order valence-electron chi connectivity index (χ1n) is 12.5. The number of nitrogens with one attached hydrogen (secondary N) is 1. The third kappa shape index (κ3) is 5.57. The second-order valence-electron chi connectivity index (χ2n) is 10.9. The van der Waals surface area contributed by atoms with E-state index in [2.05, 4.69) is 20.6 Å². The van der Waals surface area contributed by atoms with E-state index in [0.29, 0.717) is 16.6 Å². The molecule has 3 heterocycles. The van der Waals surface area contributed by atoms with E-state index < -0.39 is 23.6 Å². The summed E-state index contributed by atoms with van der Waals surface area (Å²) < 4.78 is 14.8. The molecule has 2 amide bonds. The van der Waals surface area contributed by atoms with E-state index >= 15 is 0 Å². The van der Waals surface area contributed by atoms with Crippen LogP contribution < -0.4 is 5.32 Å². The number of aliphatic hydroxyl groups excluding tert-OH is 1. The second kappa shape index (κ2) is 9.94. The molecule has 9 nitrogen and oxygen atoms in total. The van der Waals surface area contributed by atoms with Crippen molar-refractivity contribution < 1.29 is 19.1 Å². The lowest BCUT2D eigenvalue weighted by molar-refractivity contribution is -0.144. The number of benzene rings is 1.